The Kier molecular flexibility index (Phi) is 6.06. The van der Waals surface area contributed by atoms with Crippen molar-refractivity contribution in [2.24, 2.45) is 5.92 Å². The molecule has 0 aliphatic carbocycles. The fourth-order valence-electron chi connectivity index (χ4n) is 3.51. The minimum absolute atomic E-state index is 0.0116. The standard InChI is InChI=1S/C20H21F2N2O3P/c1-28(2)16-6-4-3-5-13(16)14-7-8-15(18(22)17(14)21)24-9-12(10-25)19(20(24)27)23-11-26/h3-8,11-12,19,25H,9-10H2,1-2H3,(H,23,26). The summed E-state index contributed by atoms with van der Waals surface area (Å²) in [6.45, 7) is 3.70. The van der Waals surface area contributed by atoms with Crippen LogP contribution in [0.4, 0.5) is 14.5 Å². The highest BCUT2D eigenvalue weighted by molar-refractivity contribution is 7.64. The number of carbonyl (C=O) groups is 2. The molecule has 0 bridgehead atoms. The molecule has 2 aromatic carbocycles. The molecular formula is C20H21F2N2O3P. The molecule has 1 aliphatic rings. The first kappa shape index (κ1) is 20.4. The fourth-order valence-corrected chi connectivity index (χ4v) is 4.57. The average molecular weight is 406 g/mol. The van der Waals surface area contributed by atoms with Crippen molar-refractivity contribution in [3.8, 4) is 11.1 Å². The quantitative estimate of drug-likeness (QED) is 0.570. The zero-order valence-corrected chi connectivity index (χ0v) is 16.4. The maximum Gasteiger partial charge on any atom is 0.250 e. The molecule has 148 valence electrons. The van der Waals surface area contributed by atoms with E-state index in [1.807, 2.05) is 25.5 Å². The van der Waals surface area contributed by atoms with Crippen LogP contribution in [0, 0.1) is 17.6 Å². The number of halogens is 2. The van der Waals surface area contributed by atoms with Crippen molar-refractivity contribution < 1.29 is 23.5 Å². The number of rotatable bonds is 6. The molecule has 0 spiro atoms. The van der Waals surface area contributed by atoms with Crippen molar-refractivity contribution in [2.45, 2.75) is 6.04 Å². The summed E-state index contributed by atoms with van der Waals surface area (Å²) >= 11 is 0. The van der Waals surface area contributed by atoms with Crippen LogP contribution in [0.1, 0.15) is 0 Å². The average Bonchev–Trinajstić information content (AvgIpc) is 3.00. The maximum absolute atomic E-state index is 15.0. The van der Waals surface area contributed by atoms with Gasteiger partial charge in [-0.1, -0.05) is 32.2 Å². The van der Waals surface area contributed by atoms with Gasteiger partial charge in [-0.2, -0.15) is 0 Å². The third-order valence-corrected chi connectivity index (χ3v) is 6.29. The number of anilines is 1. The molecule has 2 N–H and O–H groups in total. The summed E-state index contributed by atoms with van der Waals surface area (Å²) in [6.07, 6.45) is 0.361. The zero-order valence-electron chi connectivity index (χ0n) is 15.5. The molecule has 5 nitrogen and oxygen atoms in total. The van der Waals surface area contributed by atoms with Gasteiger partial charge in [0.25, 0.3) is 0 Å². The lowest BCUT2D eigenvalue weighted by molar-refractivity contribution is -0.122. The summed E-state index contributed by atoms with van der Waals surface area (Å²) in [4.78, 5) is 24.3. The summed E-state index contributed by atoms with van der Waals surface area (Å²) in [7, 11) is -0.527. The van der Waals surface area contributed by atoms with Crippen LogP contribution in [0.15, 0.2) is 36.4 Å². The number of aliphatic hydroxyl groups is 1. The van der Waals surface area contributed by atoms with E-state index < -0.39 is 37.4 Å². The maximum atomic E-state index is 15.0. The zero-order chi connectivity index (χ0) is 20.4. The Labute approximate surface area is 163 Å². The van der Waals surface area contributed by atoms with E-state index in [-0.39, 0.29) is 24.4 Å². The van der Waals surface area contributed by atoms with Gasteiger partial charge in [-0.3, -0.25) is 9.59 Å². The molecule has 1 fully saturated rings. The van der Waals surface area contributed by atoms with Crippen molar-refractivity contribution >= 4 is 31.2 Å². The van der Waals surface area contributed by atoms with E-state index in [2.05, 4.69) is 5.32 Å². The van der Waals surface area contributed by atoms with Crippen molar-refractivity contribution in [3.63, 3.8) is 0 Å². The smallest absolute Gasteiger partial charge is 0.250 e. The largest absolute Gasteiger partial charge is 0.396 e. The van der Waals surface area contributed by atoms with Crippen LogP contribution in [0.25, 0.3) is 11.1 Å². The van der Waals surface area contributed by atoms with E-state index in [0.717, 1.165) is 10.2 Å². The summed E-state index contributed by atoms with van der Waals surface area (Å²) in [6, 6.07) is 9.16. The minimum Gasteiger partial charge on any atom is -0.396 e. The highest BCUT2D eigenvalue weighted by atomic mass is 31.1. The van der Waals surface area contributed by atoms with E-state index in [0.29, 0.717) is 12.0 Å². The fraction of sp³-hybridized carbons (Fsp3) is 0.300. The first-order valence-electron chi connectivity index (χ1n) is 8.77. The predicted octanol–water partition coefficient (Wildman–Crippen LogP) is 2.07. The normalized spacial score (nSPS) is 19.4. The number of hydrogen-bond donors (Lipinski definition) is 2. The first-order chi connectivity index (χ1) is 13.4. The molecule has 1 heterocycles. The van der Waals surface area contributed by atoms with Gasteiger partial charge in [-0.15, -0.1) is 0 Å². The van der Waals surface area contributed by atoms with Crippen LogP contribution < -0.4 is 15.5 Å². The molecule has 2 atom stereocenters. The first-order valence-corrected chi connectivity index (χ1v) is 11.0. The van der Waals surface area contributed by atoms with E-state index >= 15 is 0 Å². The van der Waals surface area contributed by atoms with Crippen molar-refractivity contribution in [1.82, 2.24) is 5.32 Å². The lowest BCUT2D eigenvalue weighted by atomic mass is 10.0. The molecule has 0 radical (unpaired) electrons. The lowest BCUT2D eigenvalue weighted by Gasteiger charge is -2.20. The molecule has 2 amide bonds. The topological polar surface area (TPSA) is 69.6 Å². The van der Waals surface area contributed by atoms with Crippen LogP contribution in [-0.4, -0.2) is 49.9 Å². The van der Waals surface area contributed by atoms with Crippen molar-refractivity contribution in [3.05, 3.63) is 48.0 Å². The molecule has 0 aromatic heterocycles. The second-order valence-corrected chi connectivity index (χ2v) is 9.10. The van der Waals surface area contributed by atoms with Gasteiger partial charge in [0.05, 0.1) is 12.3 Å². The van der Waals surface area contributed by atoms with Gasteiger partial charge >= 0.3 is 0 Å². The SMILES string of the molecule is CP(C)c1ccccc1-c1ccc(N2CC(CO)C(NC=O)C2=O)c(F)c1F. The van der Waals surface area contributed by atoms with Crippen LogP contribution in [0.3, 0.4) is 0 Å². The van der Waals surface area contributed by atoms with Crippen LogP contribution in [0.5, 0.6) is 0 Å². The molecule has 1 aliphatic heterocycles. The Morgan fingerprint density at radius 2 is 1.89 bits per heavy atom. The van der Waals surface area contributed by atoms with Crippen LogP contribution >= 0.6 is 7.92 Å². The van der Waals surface area contributed by atoms with E-state index in [1.165, 1.54) is 12.1 Å². The summed E-state index contributed by atoms with van der Waals surface area (Å²) in [5, 5.41) is 12.7. The predicted molar refractivity (Wildman–Crippen MR) is 106 cm³/mol. The Morgan fingerprint density at radius 1 is 1.18 bits per heavy atom. The van der Waals surface area contributed by atoms with E-state index in [9.17, 15) is 23.5 Å². The minimum atomic E-state index is -1.12. The van der Waals surface area contributed by atoms with Gasteiger partial charge in [0.15, 0.2) is 11.6 Å². The third-order valence-electron chi connectivity index (χ3n) is 4.93. The van der Waals surface area contributed by atoms with Crippen molar-refractivity contribution in [1.29, 1.82) is 0 Å². The Balaban J connectivity index is 2.02. The van der Waals surface area contributed by atoms with Gasteiger partial charge < -0.3 is 15.3 Å². The second-order valence-electron chi connectivity index (χ2n) is 6.83. The van der Waals surface area contributed by atoms with Gasteiger partial charge in [0.1, 0.15) is 6.04 Å². The molecule has 8 heteroatoms. The van der Waals surface area contributed by atoms with Gasteiger partial charge in [0.2, 0.25) is 12.3 Å². The monoisotopic (exact) mass is 406 g/mol. The van der Waals surface area contributed by atoms with Gasteiger partial charge in [-0.05, 0) is 36.3 Å². The van der Waals surface area contributed by atoms with E-state index in [4.69, 9.17) is 0 Å². The second kappa shape index (κ2) is 8.33. The number of hydrogen-bond acceptors (Lipinski definition) is 3. The molecule has 1 saturated heterocycles. The Bertz CT molecular complexity index is 907. The number of nitrogens with one attached hydrogen (secondary N) is 1. The number of aliphatic hydroxyl groups excluding tert-OH is 1. The number of nitrogens with zero attached hydrogens (tertiary/aromatic N) is 1. The van der Waals surface area contributed by atoms with Gasteiger partial charge in [-0.25, -0.2) is 8.78 Å². The lowest BCUT2D eigenvalue weighted by Crippen LogP contribution is -2.41. The Hall–Kier alpha value is -2.37. The molecule has 3 rings (SSSR count). The number of amides is 2. The highest BCUT2D eigenvalue weighted by Crippen LogP contribution is 2.36. The summed E-state index contributed by atoms with van der Waals surface area (Å²) < 4.78 is 29.9. The third kappa shape index (κ3) is 3.52. The number of carbonyl (C=O) groups excluding carboxylic acids is 2. The molecule has 2 unspecified atom stereocenters. The van der Waals surface area contributed by atoms with E-state index in [1.54, 1.807) is 12.1 Å². The summed E-state index contributed by atoms with van der Waals surface area (Å²) in [5.41, 5.74) is 0.566. The number of benzene rings is 2. The Morgan fingerprint density at radius 3 is 2.54 bits per heavy atom. The van der Waals surface area contributed by atoms with Gasteiger partial charge in [0, 0.05) is 18.0 Å². The van der Waals surface area contributed by atoms with Crippen molar-refractivity contribution in [2.75, 3.05) is 31.4 Å². The molecular weight excluding hydrogens is 385 g/mol. The van der Waals surface area contributed by atoms with Crippen LogP contribution in [0.2, 0.25) is 0 Å². The summed E-state index contributed by atoms with van der Waals surface area (Å²) in [5.74, 6) is -3.32. The highest BCUT2D eigenvalue weighted by Gasteiger charge is 2.41. The van der Waals surface area contributed by atoms with Crippen LogP contribution in [-0.2, 0) is 9.59 Å². The molecule has 28 heavy (non-hydrogen) atoms. The molecule has 0 saturated carbocycles. The molecule has 2 aromatic rings.